The summed E-state index contributed by atoms with van der Waals surface area (Å²) in [6, 6.07) is 69.1. The zero-order chi connectivity index (χ0) is 37.2. The van der Waals surface area contributed by atoms with Gasteiger partial charge in [-0.05, 0) is 91.7 Å². The van der Waals surface area contributed by atoms with E-state index >= 15 is 0 Å². The minimum atomic E-state index is -0.574. The van der Waals surface area contributed by atoms with E-state index in [-0.39, 0.29) is 0 Å². The number of hydrogen-bond acceptors (Lipinski definition) is 4. The van der Waals surface area contributed by atoms with E-state index in [9.17, 15) is 5.26 Å². The molecule has 260 valence electrons. The molecule has 11 rings (SSSR count). The Hall–Kier alpha value is -7.06. The van der Waals surface area contributed by atoms with Crippen molar-refractivity contribution in [1.82, 2.24) is 9.97 Å². The topological polar surface area (TPSA) is 49.6 Å². The summed E-state index contributed by atoms with van der Waals surface area (Å²) < 4.78 is 0. The maximum Gasteiger partial charge on any atom is 0.160 e. The predicted octanol–water partition coefficient (Wildman–Crippen LogP) is 13.0. The van der Waals surface area contributed by atoms with Gasteiger partial charge >= 0.3 is 0 Å². The van der Waals surface area contributed by atoms with Gasteiger partial charge < -0.3 is 0 Å². The summed E-state index contributed by atoms with van der Waals surface area (Å²) in [5.41, 5.74) is 14.6. The van der Waals surface area contributed by atoms with Gasteiger partial charge in [-0.1, -0.05) is 163 Å². The maximum absolute atomic E-state index is 9.61. The lowest BCUT2D eigenvalue weighted by Crippen LogP contribution is -2.32. The Morgan fingerprint density at radius 1 is 0.446 bits per heavy atom. The number of benzene rings is 8. The van der Waals surface area contributed by atoms with E-state index in [1.165, 1.54) is 48.6 Å². The summed E-state index contributed by atoms with van der Waals surface area (Å²) in [4.78, 5) is 13.0. The molecule has 3 nitrogen and oxygen atoms in total. The molecule has 1 spiro atoms. The molecule has 1 aliphatic carbocycles. The third-order valence-electron chi connectivity index (χ3n) is 11.4. The molecule has 0 fully saturated rings. The lowest BCUT2D eigenvalue weighted by atomic mass is 9.67. The molecular formula is C52H31N3S. The van der Waals surface area contributed by atoms with Crippen LogP contribution < -0.4 is 0 Å². The number of hydrogen-bond donors (Lipinski definition) is 0. The SMILES string of the molecule is N#Cc1ccc(-c2cccc3c2-c2ccc(-c4cc(-c5cccc6ccccc56)nc(-c5ccccc5)n4)cc2C32c3ccccc3Sc3ccccc32)cc1. The Balaban J connectivity index is 1.21. The van der Waals surface area contributed by atoms with Crippen molar-refractivity contribution in [1.29, 1.82) is 5.26 Å². The molecule has 0 saturated carbocycles. The zero-order valence-electron chi connectivity index (χ0n) is 30.1. The minimum absolute atomic E-state index is 0.574. The van der Waals surface area contributed by atoms with Crippen LogP contribution in [0.1, 0.15) is 27.8 Å². The van der Waals surface area contributed by atoms with Gasteiger partial charge in [0.1, 0.15) is 0 Å². The van der Waals surface area contributed by atoms with Crippen LogP contribution in [-0.2, 0) is 5.41 Å². The monoisotopic (exact) mass is 729 g/mol. The normalized spacial score (nSPS) is 13.1. The third kappa shape index (κ3) is 4.85. The van der Waals surface area contributed by atoms with Crippen LogP contribution in [-0.4, -0.2) is 9.97 Å². The standard InChI is InChI=1S/C52H31N3S/c53-32-33-24-26-35(27-25-33)39-17-11-21-44-50(39)41-29-28-37(30-45(41)52(44)42-19-6-8-22-48(42)56-49-23-9-7-20-43(49)52)46-31-47(55-51(54-46)36-13-2-1-3-14-36)40-18-10-15-34-12-4-5-16-38(34)40/h1-31H. The summed E-state index contributed by atoms with van der Waals surface area (Å²) >= 11 is 1.85. The number of fused-ring (bicyclic) bond motifs is 10. The van der Waals surface area contributed by atoms with Crippen LogP contribution in [0.15, 0.2) is 198 Å². The van der Waals surface area contributed by atoms with E-state index in [4.69, 9.17) is 9.97 Å². The summed E-state index contributed by atoms with van der Waals surface area (Å²) in [5, 5.41) is 11.9. The molecule has 2 heterocycles. The molecular weight excluding hydrogens is 699 g/mol. The van der Waals surface area contributed by atoms with E-state index in [0.717, 1.165) is 44.6 Å². The fraction of sp³-hybridized carbons (Fsp3) is 0.0192. The van der Waals surface area contributed by atoms with Crippen molar-refractivity contribution >= 4 is 22.5 Å². The highest BCUT2D eigenvalue weighted by atomic mass is 32.2. The van der Waals surface area contributed by atoms with Crippen LogP contribution in [0.5, 0.6) is 0 Å². The van der Waals surface area contributed by atoms with Crippen molar-refractivity contribution in [2.75, 3.05) is 0 Å². The van der Waals surface area contributed by atoms with Crippen LogP contribution in [0, 0.1) is 11.3 Å². The molecule has 0 atom stereocenters. The van der Waals surface area contributed by atoms with E-state index in [0.29, 0.717) is 11.4 Å². The van der Waals surface area contributed by atoms with Crippen LogP contribution in [0.2, 0.25) is 0 Å². The Labute approximate surface area is 329 Å². The first-order chi connectivity index (χ1) is 27.7. The molecule has 2 aliphatic rings. The highest BCUT2D eigenvalue weighted by molar-refractivity contribution is 7.99. The van der Waals surface area contributed by atoms with Crippen LogP contribution in [0.25, 0.3) is 66.9 Å². The summed E-state index contributed by atoms with van der Waals surface area (Å²) in [6.07, 6.45) is 0. The molecule has 0 N–H and O–H groups in total. The Kier molecular flexibility index (Phi) is 7.38. The van der Waals surface area contributed by atoms with Crippen LogP contribution >= 0.6 is 11.8 Å². The van der Waals surface area contributed by atoms with Gasteiger partial charge in [0, 0.05) is 26.5 Å². The van der Waals surface area contributed by atoms with Crippen molar-refractivity contribution in [3.63, 3.8) is 0 Å². The number of aromatic nitrogens is 2. The van der Waals surface area contributed by atoms with Gasteiger partial charge in [0.15, 0.2) is 5.82 Å². The molecule has 56 heavy (non-hydrogen) atoms. The molecule has 9 aromatic rings. The Morgan fingerprint density at radius 2 is 1.07 bits per heavy atom. The highest BCUT2D eigenvalue weighted by Crippen LogP contribution is 2.63. The van der Waals surface area contributed by atoms with Gasteiger partial charge in [0.25, 0.3) is 0 Å². The van der Waals surface area contributed by atoms with Crippen LogP contribution in [0.4, 0.5) is 0 Å². The Morgan fingerprint density at radius 3 is 1.86 bits per heavy atom. The summed E-state index contributed by atoms with van der Waals surface area (Å²) in [5.74, 6) is 0.692. The van der Waals surface area contributed by atoms with Gasteiger partial charge in [0.2, 0.25) is 0 Å². The van der Waals surface area contributed by atoms with E-state index in [1.54, 1.807) is 0 Å². The summed E-state index contributed by atoms with van der Waals surface area (Å²) in [7, 11) is 0. The van der Waals surface area contributed by atoms with Crippen molar-refractivity contribution < 1.29 is 0 Å². The second-order valence-electron chi connectivity index (χ2n) is 14.4. The lowest BCUT2D eigenvalue weighted by molar-refractivity contribution is 0.722. The van der Waals surface area contributed by atoms with Gasteiger partial charge in [-0.25, -0.2) is 9.97 Å². The number of nitrogens with zero attached hydrogens (tertiary/aromatic N) is 3. The molecule has 0 radical (unpaired) electrons. The zero-order valence-corrected chi connectivity index (χ0v) is 31.0. The molecule has 0 saturated heterocycles. The van der Waals surface area contributed by atoms with Gasteiger partial charge in [-0.2, -0.15) is 5.26 Å². The second kappa shape index (κ2) is 12.8. The smallest absolute Gasteiger partial charge is 0.160 e. The van der Waals surface area contributed by atoms with E-state index < -0.39 is 5.41 Å². The average molecular weight is 730 g/mol. The van der Waals surface area contributed by atoms with Crippen LogP contribution in [0.3, 0.4) is 0 Å². The summed E-state index contributed by atoms with van der Waals surface area (Å²) in [6.45, 7) is 0. The first-order valence-corrected chi connectivity index (χ1v) is 19.6. The molecule has 0 amide bonds. The van der Waals surface area contributed by atoms with Gasteiger partial charge in [0.05, 0.1) is 28.4 Å². The molecule has 0 unspecified atom stereocenters. The molecule has 4 heteroatoms. The molecule has 1 aliphatic heterocycles. The number of nitriles is 1. The molecule has 8 aromatic carbocycles. The van der Waals surface area contributed by atoms with Gasteiger partial charge in [-0.3, -0.25) is 0 Å². The minimum Gasteiger partial charge on any atom is -0.228 e. The van der Waals surface area contributed by atoms with Crippen molar-refractivity contribution in [3.05, 3.63) is 216 Å². The second-order valence-corrected chi connectivity index (χ2v) is 15.5. The molecule has 0 bridgehead atoms. The first-order valence-electron chi connectivity index (χ1n) is 18.8. The van der Waals surface area contributed by atoms with E-state index in [1.807, 2.05) is 42.1 Å². The third-order valence-corrected chi connectivity index (χ3v) is 12.6. The largest absolute Gasteiger partial charge is 0.228 e. The van der Waals surface area contributed by atoms with Crippen molar-refractivity contribution in [2.45, 2.75) is 15.2 Å². The van der Waals surface area contributed by atoms with Crippen molar-refractivity contribution in [2.24, 2.45) is 0 Å². The first kappa shape index (κ1) is 32.4. The predicted molar refractivity (Wildman–Crippen MR) is 227 cm³/mol. The van der Waals surface area contributed by atoms with Gasteiger partial charge in [-0.15, -0.1) is 0 Å². The fourth-order valence-corrected chi connectivity index (χ4v) is 10.2. The lowest BCUT2D eigenvalue weighted by Gasteiger charge is -2.39. The maximum atomic E-state index is 9.61. The highest BCUT2D eigenvalue weighted by Gasteiger charge is 2.51. The van der Waals surface area contributed by atoms with Crippen molar-refractivity contribution in [3.8, 4) is 62.2 Å². The molecule has 1 aromatic heterocycles. The quantitative estimate of drug-likeness (QED) is 0.181. The fourth-order valence-electron chi connectivity index (χ4n) is 8.97. The Bertz CT molecular complexity index is 3020. The number of rotatable bonds is 4. The van der Waals surface area contributed by atoms with E-state index in [2.05, 4.69) is 164 Å². The average Bonchev–Trinajstić information content (AvgIpc) is 3.56.